The maximum Gasteiger partial charge on any atom is 0.181 e. The molecule has 0 amide bonds. The molecule has 12 aromatic rings. The number of para-hydroxylation sites is 2. The zero-order chi connectivity index (χ0) is 50.1. The lowest BCUT2D eigenvalue weighted by Crippen LogP contribution is -2.26. The smallest absolute Gasteiger partial charge is 0.181 e. The van der Waals surface area contributed by atoms with Gasteiger partial charge in [-0.3, -0.25) is 0 Å². The van der Waals surface area contributed by atoms with Gasteiger partial charge in [0.15, 0.2) is 4.86 Å². The molecule has 0 bridgehead atoms. The maximum absolute atomic E-state index is 11.6. The molecule has 346 valence electrons. The lowest BCUT2D eigenvalue weighted by Gasteiger charge is -2.32. The fraction of sp³-hybridized carbons (Fsp3) is 0.0152. The molecule has 4 radical (unpaired) electrons. The van der Waals surface area contributed by atoms with Crippen LogP contribution in [0.1, 0.15) is 22.3 Å². The van der Waals surface area contributed by atoms with Crippen LogP contribution >= 0.6 is 19.0 Å². The molecule has 1 N–H and O–H groups in total. The number of halogens is 1. The molecule has 0 aliphatic heterocycles. The van der Waals surface area contributed by atoms with Gasteiger partial charge in [0.2, 0.25) is 0 Å². The van der Waals surface area contributed by atoms with E-state index >= 15 is 0 Å². The number of rotatable bonds is 7. The summed E-state index contributed by atoms with van der Waals surface area (Å²) in [6, 6.07) is 94.3. The van der Waals surface area contributed by atoms with Crippen molar-refractivity contribution in [3.63, 3.8) is 0 Å². The molecule has 0 saturated carbocycles. The highest BCUT2D eigenvalue weighted by molar-refractivity contribution is 8.24. The first-order chi connectivity index (χ1) is 36.2. The Morgan fingerprint density at radius 2 is 0.878 bits per heavy atom. The number of nitrogens with zero attached hydrogens (tertiary/aromatic N) is 2. The molecule has 0 unspecified atom stereocenters. The Hall–Kier alpha value is -8.34. The van der Waals surface area contributed by atoms with Crippen molar-refractivity contribution in [1.29, 1.82) is 5.16 Å². The van der Waals surface area contributed by atoms with Gasteiger partial charge in [-0.05, 0) is 156 Å². The Bertz CT molecular complexity index is 4170. The van der Waals surface area contributed by atoms with Crippen LogP contribution in [0.3, 0.4) is 0 Å². The largest absolute Gasteiger partial charge is 0.331 e. The van der Waals surface area contributed by atoms with Gasteiger partial charge in [-0.25, -0.2) is 0 Å². The van der Waals surface area contributed by atoms with E-state index in [1.165, 1.54) is 105 Å². The summed E-state index contributed by atoms with van der Waals surface area (Å²) < 4.78 is 13.9. The monoisotopic (exact) mass is 981 g/mol. The minimum Gasteiger partial charge on any atom is -0.331 e. The van der Waals surface area contributed by atoms with E-state index in [0.717, 1.165) is 17.1 Å². The molecular formula is C66H43B2FN3PS. The summed E-state index contributed by atoms with van der Waals surface area (Å²) in [6.07, 6.45) is 0. The maximum atomic E-state index is 11.6. The van der Waals surface area contributed by atoms with Crippen LogP contribution < -0.4 is 4.90 Å². The zero-order valence-electron chi connectivity index (χ0n) is 40.0. The van der Waals surface area contributed by atoms with Crippen molar-refractivity contribution < 1.29 is 4.39 Å². The van der Waals surface area contributed by atoms with Gasteiger partial charge < -0.3 is 14.6 Å². The van der Waals surface area contributed by atoms with Crippen LogP contribution in [-0.2, 0) is 5.41 Å². The molecule has 11 aromatic carbocycles. The van der Waals surface area contributed by atoms with Crippen molar-refractivity contribution >= 4 is 88.7 Å². The van der Waals surface area contributed by atoms with Crippen molar-refractivity contribution in [2.75, 3.05) is 4.90 Å². The second-order valence-corrected chi connectivity index (χ2v) is 21.6. The summed E-state index contributed by atoms with van der Waals surface area (Å²) in [5, 5.41) is 11.5. The van der Waals surface area contributed by atoms with E-state index in [2.05, 4.69) is 276 Å². The van der Waals surface area contributed by atoms with Crippen molar-refractivity contribution in [1.82, 2.24) is 4.57 Å². The van der Waals surface area contributed by atoms with Crippen molar-refractivity contribution in [3.05, 3.63) is 277 Å². The van der Waals surface area contributed by atoms with Crippen LogP contribution in [0.2, 0.25) is 0 Å². The highest BCUT2D eigenvalue weighted by atomic mass is 32.1. The van der Waals surface area contributed by atoms with E-state index < -0.39 is 17.1 Å². The number of hydrogen-bond donors (Lipinski definition) is 1. The highest BCUT2D eigenvalue weighted by Gasteiger charge is 2.51. The van der Waals surface area contributed by atoms with E-state index in [-0.39, 0.29) is 0 Å². The SMILES string of the molecule is [B]P([B])(=N)C(F)=S.c1ccc(-n2c3ccccc3c3cc(-c4ccc(N(c5ccc(-c6cccc7ccccc67)cc5)c5ccc6c(c5)C5(c7ccccc7-c7ccccc75)c5ccccc5-6)cc4)ccc32)cc1. The Morgan fingerprint density at radius 1 is 0.419 bits per heavy atom. The van der Waals surface area contributed by atoms with Crippen LogP contribution in [0.5, 0.6) is 0 Å². The van der Waals surface area contributed by atoms with Crippen LogP contribution in [0.15, 0.2) is 255 Å². The topological polar surface area (TPSA) is 32.0 Å². The molecule has 2 aliphatic carbocycles. The van der Waals surface area contributed by atoms with E-state index in [1.807, 2.05) is 0 Å². The lowest BCUT2D eigenvalue weighted by atomic mass is 9.70. The van der Waals surface area contributed by atoms with Gasteiger partial charge in [-0.1, -0.05) is 195 Å². The predicted molar refractivity (Wildman–Crippen MR) is 315 cm³/mol. The standard InChI is InChI=1S/C65H42N2.CHB2FNPS/c1-2-17-47(18-3-1)67-63-28-13-9-23-57(63)58-41-46(33-40-64(58)67)43-29-34-48(35-30-43)66(49-36-31-45(32-37-49)52-24-14-16-44-15-4-5-19-51(44)52)50-38-39-56-55-22-8-12-27-61(55)65(62(56)42-50)59-25-10-6-20-53(59)54-21-7-11-26-60(54)65;2-6(3,5)1(4)7/h1-42H;5H. The average Bonchev–Trinajstić information content (AvgIpc) is 4.05. The Balaban J connectivity index is 0.000000708. The zero-order valence-corrected chi connectivity index (χ0v) is 41.7. The highest BCUT2D eigenvalue weighted by Crippen LogP contribution is 2.63. The second kappa shape index (κ2) is 18.0. The van der Waals surface area contributed by atoms with Gasteiger partial charge in [-0.2, -0.15) is 4.39 Å². The van der Waals surface area contributed by atoms with Crippen LogP contribution in [0, 0.1) is 5.16 Å². The fourth-order valence-corrected chi connectivity index (χ4v) is 11.7. The minimum absolute atomic E-state index is 0.439. The Morgan fingerprint density at radius 3 is 1.50 bits per heavy atom. The molecule has 0 atom stereocenters. The third-order valence-electron chi connectivity index (χ3n) is 14.9. The molecule has 0 fully saturated rings. The van der Waals surface area contributed by atoms with Gasteiger partial charge >= 0.3 is 0 Å². The molecule has 1 heterocycles. The first kappa shape index (κ1) is 45.5. The van der Waals surface area contributed by atoms with Crippen molar-refractivity contribution in [2.45, 2.75) is 5.41 Å². The summed E-state index contributed by atoms with van der Waals surface area (Å²) >= 11 is 3.88. The average molecular weight is 982 g/mol. The van der Waals surface area contributed by atoms with Gasteiger partial charge in [-0.15, -0.1) is 0 Å². The Kier molecular flexibility index (Phi) is 11.1. The van der Waals surface area contributed by atoms with Gasteiger partial charge in [0.25, 0.3) is 0 Å². The molecular weight excluding hydrogens is 938 g/mol. The Labute approximate surface area is 437 Å². The molecule has 14 rings (SSSR count). The summed E-state index contributed by atoms with van der Waals surface area (Å²) in [6.45, 7) is -3.17. The van der Waals surface area contributed by atoms with E-state index in [0.29, 0.717) is 0 Å². The summed E-state index contributed by atoms with van der Waals surface area (Å²) in [4.78, 5) is 1.35. The normalized spacial score (nSPS) is 12.7. The number of fused-ring (bicyclic) bond motifs is 14. The number of aromatic nitrogens is 1. The fourth-order valence-electron chi connectivity index (χ4n) is 11.7. The second-order valence-electron chi connectivity index (χ2n) is 19.0. The third kappa shape index (κ3) is 7.33. The lowest BCUT2D eigenvalue weighted by molar-refractivity contribution is 0.793. The number of nitrogens with one attached hydrogen (secondary N) is 1. The summed E-state index contributed by atoms with van der Waals surface area (Å²) in [5.74, 6) is 0. The number of benzene rings is 11. The van der Waals surface area contributed by atoms with Crippen LogP contribution in [0.25, 0.3) is 82.8 Å². The van der Waals surface area contributed by atoms with E-state index in [4.69, 9.17) is 20.3 Å². The number of anilines is 3. The van der Waals surface area contributed by atoms with E-state index in [9.17, 15) is 4.39 Å². The molecule has 3 nitrogen and oxygen atoms in total. The number of hydrogen-bond acceptors (Lipinski definition) is 3. The first-order valence-corrected chi connectivity index (χ1v) is 26.9. The molecule has 74 heavy (non-hydrogen) atoms. The van der Waals surface area contributed by atoms with Crippen LogP contribution in [0.4, 0.5) is 21.5 Å². The van der Waals surface area contributed by atoms with Gasteiger partial charge in [0.05, 0.1) is 16.4 Å². The summed E-state index contributed by atoms with van der Waals surface area (Å²) in [5.41, 5.74) is 21.8. The quantitative estimate of drug-likeness (QED) is 0.0747. The molecule has 1 aromatic heterocycles. The van der Waals surface area contributed by atoms with Gasteiger partial charge in [0.1, 0.15) is 15.1 Å². The summed E-state index contributed by atoms with van der Waals surface area (Å²) in [7, 11) is 9.44. The first-order valence-electron chi connectivity index (χ1n) is 24.6. The third-order valence-corrected chi connectivity index (χ3v) is 16.4. The van der Waals surface area contributed by atoms with Gasteiger partial charge in [0, 0.05) is 33.5 Å². The molecule has 8 heteroatoms. The van der Waals surface area contributed by atoms with Crippen molar-refractivity contribution in [2.24, 2.45) is 0 Å². The van der Waals surface area contributed by atoms with E-state index in [1.54, 1.807) is 0 Å². The van der Waals surface area contributed by atoms with Crippen LogP contribution in [-0.4, -0.2) is 24.6 Å². The van der Waals surface area contributed by atoms with Crippen molar-refractivity contribution in [3.8, 4) is 50.2 Å². The molecule has 2 aliphatic rings. The molecule has 0 saturated heterocycles. The predicted octanol–water partition coefficient (Wildman–Crippen LogP) is 18.3. The number of thiocarbonyl (C=S) groups is 1. The minimum atomic E-state index is -3.17. The molecule has 1 spiro atoms.